The number of carbonyl (C=O) groups excluding carboxylic acids is 1. The fourth-order valence-corrected chi connectivity index (χ4v) is 3.23. The normalized spacial score (nSPS) is 12.5. The van der Waals surface area contributed by atoms with E-state index in [0.29, 0.717) is 21.8 Å². The van der Waals surface area contributed by atoms with E-state index < -0.39 is 10.8 Å². The van der Waals surface area contributed by atoms with E-state index in [4.69, 9.17) is 11.6 Å². The Morgan fingerprint density at radius 2 is 1.91 bits per heavy atom. The van der Waals surface area contributed by atoms with Gasteiger partial charge in [-0.15, -0.1) is 0 Å². The maximum atomic E-state index is 13.2. The lowest BCUT2D eigenvalue weighted by molar-refractivity contribution is 0.101. The second-order valence-corrected chi connectivity index (χ2v) is 7.08. The Labute approximate surface area is 139 Å². The summed E-state index contributed by atoms with van der Waals surface area (Å²) in [5.74, 6) is -0.680. The Morgan fingerprint density at radius 1 is 1.22 bits per heavy atom. The van der Waals surface area contributed by atoms with Crippen molar-refractivity contribution < 1.29 is 13.4 Å². The summed E-state index contributed by atoms with van der Waals surface area (Å²) < 4.78 is 24.6. The molecule has 0 spiro atoms. The van der Waals surface area contributed by atoms with Gasteiger partial charge in [-0.1, -0.05) is 23.7 Å². The standard InChI is InChI=1S/C17H13ClFNO2S/c1-23(22)9-15(21)17-16(10-2-5-12(19)6-3-10)13-8-11(18)4-7-14(13)20-17/h2-8,20H,9H2,1H3. The van der Waals surface area contributed by atoms with Crippen LogP contribution in [0, 0.1) is 5.82 Å². The van der Waals surface area contributed by atoms with E-state index in [1.54, 1.807) is 30.3 Å². The van der Waals surface area contributed by atoms with Gasteiger partial charge in [0.25, 0.3) is 0 Å². The van der Waals surface area contributed by atoms with Crippen molar-refractivity contribution in [1.29, 1.82) is 0 Å². The molecule has 1 atom stereocenters. The van der Waals surface area contributed by atoms with E-state index in [2.05, 4.69) is 4.98 Å². The summed E-state index contributed by atoms with van der Waals surface area (Å²) in [7, 11) is -1.25. The van der Waals surface area contributed by atoms with Crippen molar-refractivity contribution in [2.75, 3.05) is 12.0 Å². The van der Waals surface area contributed by atoms with Gasteiger partial charge in [0.05, 0.1) is 11.4 Å². The van der Waals surface area contributed by atoms with E-state index in [-0.39, 0.29) is 17.4 Å². The summed E-state index contributed by atoms with van der Waals surface area (Å²) in [6.07, 6.45) is 1.48. The van der Waals surface area contributed by atoms with Crippen LogP contribution < -0.4 is 0 Å². The van der Waals surface area contributed by atoms with Gasteiger partial charge in [0, 0.05) is 38.5 Å². The molecular formula is C17H13ClFNO2S. The third-order valence-electron chi connectivity index (χ3n) is 3.51. The SMILES string of the molecule is CS(=O)CC(=O)c1[nH]c2ccc(Cl)cc2c1-c1ccc(F)cc1. The minimum absolute atomic E-state index is 0.0747. The van der Waals surface area contributed by atoms with Gasteiger partial charge in [0.1, 0.15) is 5.82 Å². The fourth-order valence-electron chi connectivity index (χ4n) is 2.55. The van der Waals surface area contributed by atoms with Crippen LogP contribution in [0.5, 0.6) is 0 Å². The lowest BCUT2D eigenvalue weighted by Gasteiger charge is -2.04. The number of halogens is 2. The molecule has 118 valence electrons. The smallest absolute Gasteiger partial charge is 0.192 e. The minimum Gasteiger partial charge on any atom is -0.352 e. The molecule has 3 aromatic rings. The second kappa shape index (κ2) is 6.26. The molecule has 0 bridgehead atoms. The quantitative estimate of drug-likeness (QED) is 0.718. The molecule has 0 saturated heterocycles. The zero-order chi connectivity index (χ0) is 16.6. The highest BCUT2D eigenvalue weighted by Crippen LogP contribution is 2.34. The number of aromatic amines is 1. The number of carbonyl (C=O) groups is 1. The van der Waals surface area contributed by atoms with E-state index in [0.717, 1.165) is 10.9 Å². The van der Waals surface area contributed by atoms with Crippen LogP contribution >= 0.6 is 11.6 Å². The van der Waals surface area contributed by atoms with Gasteiger partial charge in [0.15, 0.2) is 5.78 Å². The lowest BCUT2D eigenvalue weighted by Crippen LogP contribution is -2.11. The first-order valence-electron chi connectivity index (χ1n) is 6.86. The van der Waals surface area contributed by atoms with Gasteiger partial charge in [0.2, 0.25) is 0 Å². The maximum absolute atomic E-state index is 13.2. The lowest BCUT2D eigenvalue weighted by atomic mass is 10.0. The molecule has 1 aromatic heterocycles. The molecule has 0 aliphatic rings. The Balaban J connectivity index is 2.26. The first-order chi connectivity index (χ1) is 11.0. The molecule has 0 aliphatic carbocycles. The number of ketones is 1. The van der Waals surface area contributed by atoms with Crippen LogP contribution in [0.4, 0.5) is 4.39 Å². The van der Waals surface area contributed by atoms with Gasteiger partial charge >= 0.3 is 0 Å². The number of fused-ring (bicyclic) bond motifs is 1. The van der Waals surface area contributed by atoms with Crippen LogP contribution in [0.15, 0.2) is 42.5 Å². The predicted molar refractivity (Wildman–Crippen MR) is 92.0 cm³/mol. The van der Waals surface area contributed by atoms with Crippen molar-refractivity contribution in [3.05, 3.63) is 59.0 Å². The third kappa shape index (κ3) is 3.21. The van der Waals surface area contributed by atoms with Crippen LogP contribution in [0.1, 0.15) is 10.5 Å². The van der Waals surface area contributed by atoms with Gasteiger partial charge in [-0.2, -0.15) is 0 Å². The average Bonchev–Trinajstić information content (AvgIpc) is 2.86. The predicted octanol–water partition coefficient (Wildman–Crippen LogP) is 4.19. The topological polar surface area (TPSA) is 49.9 Å². The van der Waals surface area contributed by atoms with Crippen LogP contribution in [-0.2, 0) is 10.8 Å². The van der Waals surface area contributed by atoms with Crippen molar-refractivity contribution in [2.45, 2.75) is 0 Å². The molecule has 23 heavy (non-hydrogen) atoms. The summed E-state index contributed by atoms with van der Waals surface area (Å²) in [4.78, 5) is 15.5. The zero-order valence-electron chi connectivity index (χ0n) is 12.2. The summed E-state index contributed by atoms with van der Waals surface area (Å²) >= 11 is 6.07. The molecular weight excluding hydrogens is 337 g/mol. The summed E-state index contributed by atoms with van der Waals surface area (Å²) in [6, 6.07) is 11.2. The van der Waals surface area contributed by atoms with E-state index in [9.17, 15) is 13.4 Å². The summed E-state index contributed by atoms with van der Waals surface area (Å²) in [6.45, 7) is 0. The molecule has 0 radical (unpaired) electrons. The molecule has 6 heteroatoms. The van der Waals surface area contributed by atoms with E-state index >= 15 is 0 Å². The van der Waals surface area contributed by atoms with Crippen LogP contribution in [-0.4, -0.2) is 27.0 Å². The molecule has 1 N–H and O–H groups in total. The molecule has 0 aliphatic heterocycles. The van der Waals surface area contributed by atoms with Crippen molar-refractivity contribution in [3.63, 3.8) is 0 Å². The number of Topliss-reactive ketones (excluding diaryl/α,β-unsaturated/α-hetero) is 1. The fraction of sp³-hybridized carbons (Fsp3) is 0.118. The van der Waals surface area contributed by atoms with Crippen molar-refractivity contribution in [1.82, 2.24) is 4.98 Å². The van der Waals surface area contributed by atoms with Crippen LogP contribution in [0.25, 0.3) is 22.0 Å². The summed E-state index contributed by atoms with van der Waals surface area (Å²) in [5.41, 5.74) is 2.46. The monoisotopic (exact) mass is 349 g/mol. The van der Waals surface area contributed by atoms with Crippen molar-refractivity contribution >= 4 is 39.1 Å². The van der Waals surface area contributed by atoms with Crippen LogP contribution in [0.3, 0.4) is 0 Å². The number of hydrogen-bond donors (Lipinski definition) is 1. The third-order valence-corrected chi connectivity index (χ3v) is 4.41. The number of rotatable bonds is 4. The molecule has 1 heterocycles. The number of hydrogen-bond acceptors (Lipinski definition) is 2. The van der Waals surface area contributed by atoms with Crippen molar-refractivity contribution in [3.8, 4) is 11.1 Å². The number of benzene rings is 2. The van der Waals surface area contributed by atoms with Gasteiger partial charge in [-0.3, -0.25) is 9.00 Å². The first kappa shape index (κ1) is 15.9. The highest BCUT2D eigenvalue weighted by Gasteiger charge is 2.20. The summed E-state index contributed by atoms with van der Waals surface area (Å²) in [5, 5.41) is 1.31. The minimum atomic E-state index is -1.25. The second-order valence-electron chi connectivity index (χ2n) is 5.21. The molecule has 2 aromatic carbocycles. The molecule has 3 nitrogen and oxygen atoms in total. The Kier molecular flexibility index (Phi) is 4.33. The average molecular weight is 350 g/mol. The van der Waals surface area contributed by atoms with E-state index in [1.807, 2.05) is 0 Å². The highest BCUT2D eigenvalue weighted by molar-refractivity contribution is 7.85. The van der Waals surface area contributed by atoms with E-state index in [1.165, 1.54) is 18.4 Å². The Bertz CT molecular complexity index is 918. The number of H-pyrrole nitrogens is 1. The maximum Gasteiger partial charge on any atom is 0.192 e. The van der Waals surface area contributed by atoms with Gasteiger partial charge in [-0.25, -0.2) is 4.39 Å². The van der Waals surface area contributed by atoms with Gasteiger partial charge in [-0.05, 0) is 35.9 Å². The highest BCUT2D eigenvalue weighted by atomic mass is 35.5. The van der Waals surface area contributed by atoms with Crippen LogP contribution in [0.2, 0.25) is 5.02 Å². The van der Waals surface area contributed by atoms with Gasteiger partial charge < -0.3 is 4.98 Å². The largest absolute Gasteiger partial charge is 0.352 e. The molecule has 0 fully saturated rings. The molecule has 0 saturated carbocycles. The Hall–Kier alpha value is -1.98. The Morgan fingerprint density at radius 3 is 2.57 bits per heavy atom. The number of nitrogens with one attached hydrogen (secondary N) is 1. The molecule has 1 unspecified atom stereocenters. The zero-order valence-corrected chi connectivity index (χ0v) is 13.8. The number of aromatic nitrogens is 1. The molecule has 3 rings (SSSR count). The molecule has 0 amide bonds. The first-order valence-corrected chi connectivity index (χ1v) is 8.96. The van der Waals surface area contributed by atoms with Crippen molar-refractivity contribution in [2.24, 2.45) is 0 Å².